The van der Waals surface area contributed by atoms with Gasteiger partial charge in [-0.25, -0.2) is 13.4 Å². The fourth-order valence-corrected chi connectivity index (χ4v) is 5.14. The Morgan fingerprint density at radius 3 is 2.66 bits per heavy atom. The molecule has 0 bridgehead atoms. The number of hydrogen-bond donors (Lipinski definition) is 0. The van der Waals surface area contributed by atoms with Crippen molar-refractivity contribution in [2.24, 2.45) is 11.8 Å². The first-order valence-electron chi connectivity index (χ1n) is 10.9. The molecule has 1 aromatic carbocycles. The number of imidazole rings is 1. The number of rotatable bonds is 12. The standard InChI is InChI=1S/C23H33N3O5S/c1-17(2)22(27)25(14-18-8-9-18)15-20-13-24-23(26(20)10-11-30-3)32(28,29)16-19-6-5-7-21(12-19)31-4/h5-7,12-13,17-18H,8-11,14-16H2,1-4H3. The summed E-state index contributed by atoms with van der Waals surface area (Å²) in [7, 11) is -0.607. The van der Waals surface area contributed by atoms with Crippen molar-refractivity contribution in [1.82, 2.24) is 14.5 Å². The maximum absolute atomic E-state index is 13.3. The third-order valence-electron chi connectivity index (χ3n) is 5.52. The molecule has 1 aliphatic carbocycles. The highest BCUT2D eigenvalue weighted by molar-refractivity contribution is 7.90. The molecule has 0 unspecified atom stereocenters. The van der Waals surface area contributed by atoms with Crippen molar-refractivity contribution < 1.29 is 22.7 Å². The monoisotopic (exact) mass is 463 g/mol. The molecular formula is C23H33N3O5S. The normalized spacial score (nSPS) is 14.0. The fraction of sp³-hybridized carbons (Fsp3) is 0.565. The van der Waals surface area contributed by atoms with Gasteiger partial charge in [0, 0.05) is 26.1 Å². The van der Waals surface area contributed by atoms with Gasteiger partial charge < -0.3 is 18.9 Å². The second-order valence-electron chi connectivity index (χ2n) is 8.60. The van der Waals surface area contributed by atoms with E-state index >= 15 is 0 Å². The zero-order valence-corrected chi connectivity index (χ0v) is 20.1. The summed E-state index contributed by atoms with van der Waals surface area (Å²) in [5.41, 5.74) is 1.32. The predicted molar refractivity (Wildman–Crippen MR) is 121 cm³/mol. The van der Waals surface area contributed by atoms with Crippen LogP contribution in [0.25, 0.3) is 0 Å². The van der Waals surface area contributed by atoms with Crippen LogP contribution >= 0.6 is 0 Å². The van der Waals surface area contributed by atoms with E-state index in [0.29, 0.717) is 49.2 Å². The lowest BCUT2D eigenvalue weighted by Crippen LogP contribution is -2.36. The summed E-state index contributed by atoms with van der Waals surface area (Å²) in [6.45, 7) is 5.47. The van der Waals surface area contributed by atoms with E-state index in [1.54, 1.807) is 49.2 Å². The van der Waals surface area contributed by atoms with Gasteiger partial charge in [0.2, 0.25) is 20.9 Å². The highest BCUT2D eigenvalue weighted by Gasteiger charge is 2.30. The Labute approximate surface area is 190 Å². The number of hydrogen-bond acceptors (Lipinski definition) is 6. The Balaban J connectivity index is 1.89. The first-order chi connectivity index (χ1) is 15.2. The summed E-state index contributed by atoms with van der Waals surface area (Å²) in [6, 6.07) is 7.00. The molecule has 8 nitrogen and oxygen atoms in total. The maximum atomic E-state index is 13.3. The molecule has 0 radical (unpaired) electrons. The third kappa shape index (κ3) is 6.10. The van der Waals surface area contributed by atoms with Crippen molar-refractivity contribution in [2.75, 3.05) is 27.4 Å². The number of amides is 1. The number of sulfone groups is 1. The van der Waals surface area contributed by atoms with Gasteiger partial charge in [-0.1, -0.05) is 26.0 Å². The van der Waals surface area contributed by atoms with E-state index in [1.165, 1.54) is 0 Å². The number of carbonyl (C=O) groups is 1. The minimum absolute atomic E-state index is 0.00395. The van der Waals surface area contributed by atoms with Gasteiger partial charge >= 0.3 is 0 Å². The number of carbonyl (C=O) groups excluding carboxylic acids is 1. The first-order valence-corrected chi connectivity index (χ1v) is 12.6. The van der Waals surface area contributed by atoms with Crippen LogP contribution in [0.2, 0.25) is 0 Å². The smallest absolute Gasteiger partial charge is 0.228 e. The molecule has 0 aliphatic heterocycles. The first kappa shape index (κ1) is 24.3. The summed E-state index contributed by atoms with van der Waals surface area (Å²) in [4.78, 5) is 18.9. The number of benzene rings is 1. The van der Waals surface area contributed by atoms with Crippen LogP contribution < -0.4 is 4.74 Å². The lowest BCUT2D eigenvalue weighted by molar-refractivity contribution is -0.135. The van der Waals surface area contributed by atoms with Crippen molar-refractivity contribution in [2.45, 2.75) is 50.7 Å². The molecule has 1 amide bonds. The highest BCUT2D eigenvalue weighted by atomic mass is 32.2. The zero-order valence-electron chi connectivity index (χ0n) is 19.3. The minimum atomic E-state index is -3.72. The van der Waals surface area contributed by atoms with Crippen molar-refractivity contribution >= 4 is 15.7 Å². The number of nitrogens with zero attached hydrogens (tertiary/aromatic N) is 3. The molecule has 3 rings (SSSR count). The Morgan fingerprint density at radius 2 is 2.03 bits per heavy atom. The SMILES string of the molecule is COCCn1c(CN(CC2CC2)C(=O)C(C)C)cnc1S(=O)(=O)Cc1cccc(OC)c1. The topological polar surface area (TPSA) is 90.7 Å². The second kappa shape index (κ2) is 10.5. The van der Waals surface area contributed by atoms with E-state index in [0.717, 1.165) is 12.8 Å². The van der Waals surface area contributed by atoms with Crippen LogP contribution in [-0.2, 0) is 38.2 Å². The van der Waals surface area contributed by atoms with E-state index in [9.17, 15) is 13.2 Å². The van der Waals surface area contributed by atoms with Crippen LogP contribution in [0.15, 0.2) is 35.6 Å². The molecule has 32 heavy (non-hydrogen) atoms. The van der Waals surface area contributed by atoms with Crippen LogP contribution in [0.4, 0.5) is 0 Å². The average molecular weight is 464 g/mol. The largest absolute Gasteiger partial charge is 0.497 e. The van der Waals surface area contributed by atoms with E-state index in [-0.39, 0.29) is 22.7 Å². The van der Waals surface area contributed by atoms with Gasteiger partial charge in [0.05, 0.1) is 37.9 Å². The van der Waals surface area contributed by atoms with Crippen molar-refractivity contribution in [1.29, 1.82) is 0 Å². The van der Waals surface area contributed by atoms with E-state index < -0.39 is 9.84 Å². The molecule has 0 spiro atoms. The molecule has 0 atom stereocenters. The molecule has 1 aromatic heterocycles. The van der Waals surface area contributed by atoms with Gasteiger partial charge in [0.1, 0.15) is 5.75 Å². The number of ether oxygens (including phenoxy) is 2. The summed E-state index contributed by atoms with van der Waals surface area (Å²) in [5, 5.41) is -0.00395. The van der Waals surface area contributed by atoms with Gasteiger partial charge in [-0.2, -0.15) is 0 Å². The molecule has 176 valence electrons. The van der Waals surface area contributed by atoms with Crippen LogP contribution in [0.3, 0.4) is 0 Å². The Bertz CT molecular complexity index is 1030. The molecule has 0 saturated heterocycles. The van der Waals surface area contributed by atoms with Gasteiger partial charge in [-0.3, -0.25) is 4.79 Å². The lowest BCUT2D eigenvalue weighted by atomic mass is 10.1. The quantitative estimate of drug-likeness (QED) is 0.481. The Morgan fingerprint density at radius 1 is 1.28 bits per heavy atom. The zero-order chi connectivity index (χ0) is 23.3. The third-order valence-corrected chi connectivity index (χ3v) is 7.12. The van der Waals surface area contributed by atoms with Crippen molar-refractivity contribution in [3.05, 3.63) is 41.7 Å². The average Bonchev–Trinajstić information content (AvgIpc) is 3.48. The van der Waals surface area contributed by atoms with E-state index in [1.807, 2.05) is 18.7 Å². The summed E-state index contributed by atoms with van der Waals surface area (Å²) in [5.74, 6) is 0.885. The van der Waals surface area contributed by atoms with Gasteiger partial charge in [-0.05, 0) is 36.5 Å². The van der Waals surface area contributed by atoms with Crippen molar-refractivity contribution in [3.8, 4) is 5.75 Å². The number of aromatic nitrogens is 2. The summed E-state index contributed by atoms with van der Waals surface area (Å²) < 4.78 is 38.6. The van der Waals surface area contributed by atoms with Gasteiger partial charge in [0.25, 0.3) is 0 Å². The lowest BCUT2D eigenvalue weighted by Gasteiger charge is -2.25. The van der Waals surface area contributed by atoms with Crippen LogP contribution in [0.1, 0.15) is 37.9 Å². The van der Waals surface area contributed by atoms with Crippen LogP contribution in [0.5, 0.6) is 5.75 Å². The van der Waals surface area contributed by atoms with E-state index in [4.69, 9.17) is 9.47 Å². The highest BCUT2D eigenvalue weighted by Crippen LogP contribution is 2.31. The van der Waals surface area contributed by atoms with Gasteiger partial charge in [-0.15, -0.1) is 0 Å². The molecule has 1 heterocycles. The maximum Gasteiger partial charge on any atom is 0.228 e. The fourth-order valence-electron chi connectivity index (χ4n) is 3.64. The Hall–Kier alpha value is -2.39. The molecule has 0 N–H and O–H groups in total. The summed E-state index contributed by atoms with van der Waals surface area (Å²) in [6.07, 6.45) is 3.83. The Kier molecular flexibility index (Phi) is 7.95. The van der Waals surface area contributed by atoms with E-state index in [2.05, 4.69) is 4.98 Å². The van der Waals surface area contributed by atoms with Crippen LogP contribution in [-0.4, -0.2) is 56.1 Å². The minimum Gasteiger partial charge on any atom is -0.497 e. The van der Waals surface area contributed by atoms with Gasteiger partial charge in [0.15, 0.2) is 0 Å². The molecule has 1 aliphatic rings. The summed E-state index contributed by atoms with van der Waals surface area (Å²) >= 11 is 0. The number of methoxy groups -OCH3 is 2. The van der Waals surface area contributed by atoms with Crippen LogP contribution in [0, 0.1) is 11.8 Å². The molecular weight excluding hydrogens is 430 g/mol. The molecule has 9 heteroatoms. The van der Waals surface area contributed by atoms with Crippen molar-refractivity contribution in [3.63, 3.8) is 0 Å². The molecule has 2 aromatic rings. The second-order valence-corrected chi connectivity index (χ2v) is 10.5. The molecule has 1 saturated carbocycles. The molecule has 1 fully saturated rings. The predicted octanol–water partition coefficient (Wildman–Crippen LogP) is 2.91.